The molecule has 1 N–H and O–H groups in total. The lowest BCUT2D eigenvalue weighted by molar-refractivity contribution is -0.115. The predicted octanol–water partition coefficient (Wildman–Crippen LogP) is 4.93. The van der Waals surface area contributed by atoms with Gasteiger partial charge in [-0.05, 0) is 30.5 Å². The van der Waals surface area contributed by atoms with Crippen molar-refractivity contribution in [2.75, 3.05) is 5.32 Å². The molecular weight excluding hydrogens is 341 g/mol. The SMILES string of the molecule is CCC(CC)c1nnc(NC(=O)Cc2c(Cl)cccc2Cl)s1. The first-order chi connectivity index (χ1) is 10.5. The summed E-state index contributed by atoms with van der Waals surface area (Å²) in [4.78, 5) is 12.1. The lowest BCUT2D eigenvalue weighted by Crippen LogP contribution is -2.14. The number of hydrogen-bond acceptors (Lipinski definition) is 4. The molecule has 22 heavy (non-hydrogen) atoms. The molecular formula is C15H17Cl2N3OS. The van der Waals surface area contributed by atoms with Crippen LogP contribution in [-0.4, -0.2) is 16.1 Å². The van der Waals surface area contributed by atoms with Crippen LogP contribution in [0, 0.1) is 0 Å². The van der Waals surface area contributed by atoms with Crippen LogP contribution in [0.15, 0.2) is 18.2 Å². The fraction of sp³-hybridized carbons (Fsp3) is 0.400. The second-order valence-electron chi connectivity index (χ2n) is 4.88. The normalized spacial score (nSPS) is 11.0. The lowest BCUT2D eigenvalue weighted by atomic mass is 10.1. The van der Waals surface area contributed by atoms with Crippen molar-refractivity contribution in [3.63, 3.8) is 0 Å². The quantitative estimate of drug-likeness (QED) is 0.797. The van der Waals surface area contributed by atoms with Crippen LogP contribution in [0.3, 0.4) is 0 Å². The number of anilines is 1. The van der Waals surface area contributed by atoms with Gasteiger partial charge < -0.3 is 5.32 Å². The van der Waals surface area contributed by atoms with Gasteiger partial charge in [0.1, 0.15) is 5.01 Å². The fourth-order valence-electron chi connectivity index (χ4n) is 2.11. The molecule has 0 saturated carbocycles. The average Bonchev–Trinajstić information content (AvgIpc) is 2.93. The van der Waals surface area contributed by atoms with E-state index >= 15 is 0 Å². The van der Waals surface area contributed by atoms with Crippen LogP contribution in [0.1, 0.15) is 43.2 Å². The summed E-state index contributed by atoms with van der Waals surface area (Å²) in [6, 6.07) is 5.18. The van der Waals surface area contributed by atoms with Gasteiger partial charge in [0.2, 0.25) is 11.0 Å². The first-order valence-electron chi connectivity index (χ1n) is 7.11. The molecule has 4 nitrogen and oxygen atoms in total. The molecule has 0 atom stereocenters. The van der Waals surface area contributed by atoms with Crippen molar-refractivity contribution >= 4 is 45.6 Å². The van der Waals surface area contributed by atoms with Gasteiger partial charge in [-0.15, -0.1) is 10.2 Å². The van der Waals surface area contributed by atoms with Crippen LogP contribution in [0.25, 0.3) is 0 Å². The molecule has 1 amide bonds. The molecule has 0 aliphatic heterocycles. The van der Waals surface area contributed by atoms with Crippen LogP contribution in [0.5, 0.6) is 0 Å². The van der Waals surface area contributed by atoms with Gasteiger partial charge in [-0.1, -0.05) is 54.5 Å². The van der Waals surface area contributed by atoms with Gasteiger partial charge in [-0.25, -0.2) is 0 Å². The number of halogens is 2. The van der Waals surface area contributed by atoms with E-state index in [4.69, 9.17) is 23.2 Å². The van der Waals surface area contributed by atoms with Crippen LogP contribution >= 0.6 is 34.5 Å². The summed E-state index contributed by atoms with van der Waals surface area (Å²) in [5, 5.41) is 13.4. The van der Waals surface area contributed by atoms with Gasteiger partial charge in [-0.3, -0.25) is 4.79 Å². The van der Waals surface area contributed by atoms with Crippen molar-refractivity contribution in [1.82, 2.24) is 10.2 Å². The molecule has 0 aliphatic carbocycles. The maximum absolute atomic E-state index is 12.1. The Morgan fingerprint density at radius 1 is 1.23 bits per heavy atom. The zero-order chi connectivity index (χ0) is 16.1. The average molecular weight is 358 g/mol. The summed E-state index contributed by atoms with van der Waals surface area (Å²) >= 11 is 13.6. The Labute approximate surface area is 143 Å². The molecule has 1 aromatic carbocycles. The maximum atomic E-state index is 12.1. The summed E-state index contributed by atoms with van der Waals surface area (Å²) in [6.45, 7) is 4.24. The largest absolute Gasteiger partial charge is 0.300 e. The van der Waals surface area contributed by atoms with Crippen molar-refractivity contribution in [2.45, 2.75) is 39.0 Å². The van der Waals surface area contributed by atoms with E-state index in [1.165, 1.54) is 11.3 Å². The van der Waals surface area contributed by atoms with E-state index < -0.39 is 0 Å². The highest BCUT2D eigenvalue weighted by atomic mass is 35.5. The van der Waals surface area contributed by atoms with Crippen molar-refractivity contribution < 1.29 is 4.79 Å². The lowest BCUT2D eigenvalue weighted by Gasteiger charge is -2.07. The third kappa shape index (κ3) is 4.18. The minimum absolute atomic E-state index is 0.110. The van der Waals surface area contributed by atoms with Crippen molar-refractivity contribution in [1.29, 1.82) is 0 Å². The van der Waals surface area contributed by atoms with E-state index in [1.807, 2.05) is 0 Å². The molecule has 0 radical (unpaired) electrons. The van der Waals surface area contributed by atoms with E-state index in [0.717, 1.165) is 17.8 Å². The molecule has 1 aromatic heterocycles. The summed E-state index contributed by atoms with van der Waals surface area (Å²) < 4.78 is 0. The van der Waals surface area contributed by atoms with Crippen LogP contribution in [-0.2, 0) is 11.2 Å². The summed E-state index contributed by atoms with van der Waals surface area (Å²) in [6.07, 6.45) is 2.13. The predicted molar refractivity (Wildman–Crippen MR) is 92.0 cm³/mol. The number of rotatable bonds is 6. The number of aromatic nitrogens is 2. The summed E-state index contributed by atoms with van der Waals surface area (Å²) in [7, 11) is 0. The Balaban J connectivity index is 2.04. The standard InChI is InChI=1S/C15H17Cl2N3OS/c1-3-9(4-2)14-19-20-15(22-14)18-13(21)8-10-11(16)6-5-7-12(10)17/h5-7,9H,3-4,8H2,1-2H3,(H,18,20,21). The summed E-state index contributed by atoms with van der Waals surface area (Å²) in [5.41, 5.74) is 0.619. The Morgan fingerprint density at radius 3 is 2.45 bits per heavy atom. The molecule has 7 heteroatoms. The van der Waals surface area contributed by atoms with Crippen molar-refractivity contribution in [2.24, 2.45) is 0 Å². The Morgan fingerprint density at radius 2 is 1.86 bits per heavy atom. The van der Waals surface area contributed by atoms with E-state index in [9.17, 15) is 4.79 Å². The highest BCUT2D eigenvalue weighted by Gasteiger charge is 2.16. The zero-order valence-corrected chi connectivity index (χ0v) is 14.7. The Kier molecular flexibility index (Phi) is 6.17. The van der Waals surface area contributed by atoms with Crippen LogP contribution in [0.4, 0.5) is 5.13 Å². The van der Waals surface area contributed by atoms with Gasteiger partial charge in [0, 0.05) is 16.0 Å². The minimum atomic E-state index is -0.206. The third-order valence-corrected chi connectivity index (χ3v) is 5.13. The number of nitrogens with one attached hydrogen (secondary N) is 1. The third-order valence-electron chi connectivity index (χ3n) is 3.42. The molecule has 0 unspecified atom stereocenters. The van der Waals surface area contributed by atoms with Crippen molar-refractivity contribution in [3.8, 4) is 0 Å². The number of benzene rings is 1. The van der Waals surface area contributed by atoms with Crippen LogP contribution in [0.2, 0.25) is 10.0 Å². The second kappa shape index (κ2) is 7.90. The highest BCUT2D eigenvalue weighted by molar-refractivity contribution is 7.15. The first-order valence-corrected chi connectivity index (χ1v) is 8.68. The van der Waals surface area contributed by atoms with Gasteiger partial charge in [-0.2, -0.15) is 0 Å². The monoisotopic (exact) mass is 357 g/mol. The number of carbonyl (C=O) groups excluding carboxylic acids is 1. The molecule has 2 aromatic rings. The Hall–Kier alpha value is -1.17. The fourth-order valence-corrected chi connectivity index (χ4v) is 3.67. The topological polar surface area (TPSA) is 54.9 Å². The molecule has 0 bridgehead atoms. The molecule has 118 valence electrons. The van der Waals surface area contributed by atoms with E-state index in [1.54, 1.807) is 18.2 Å². The number of nitrogens with zero attached hydrogens (tertiary/aromatic N) is 2. The van der Waals surface area contributed by atoms with Gasteiger partial charge in [0.15, 0.2) is 0 Å². The van der Waals surface area contributed by atoms with E-state index in [2.05, 4.69) is 29.4 Å². The molecule has 0 saturated heterocycles. The molecule has 0 aliphatic rings. The van der Waals surface area contributed by atoms with E-state index in [0.29, 0.717) is 26.7 Å². The summed E-state index contributed by atoms with van der Waals surface area (Å²) in [5.74, 6) is 0.184. The first kappa shape index (κ1) is 17.2. The van der Waals surface area contributed by atoms with Gasteiger partial charge in [0.05, 0.1) is 6.42 Å². The Bertz CT molecular complexity index is 636. The number of carbonyl (C=O) groups is 1. The molecule has 2 rings (SSSR count). The van der Waals surface area contributed by atoms with E-state index in [-0.39, 0.29) is 12.3 Å². The van der Waals surface area contributed by atoms with Gasteiger partial charge in [0.25, 0.3) is 0 Å². The number of hydrogen-bond donors (Lipinski definition) is 1. The highest BCUT2D eigenvalue weighted by Crippen LogP contribution is 2.29. The molecule has 0 spiro atoms. The maximum Gasteiger partial charge on any atom is 0.230 e. The smallest absolute Gasteiger partial charge is 0.230 e. The zero-order valence-electron chi connectivity index (χ0n) is 12.4. The second-order valence-corrected chi connectivity index (χ2v) is 6.71. The van der Waals surface area contributed by atoms with Gasteiger partial charge >= 0.3 is 0 Å². The molecule has 1 heterocycles. The van der Waals surface area contributed by atoms with Crippen molar-refractivity contribution in [3.05, 3.63) is 38.8 Å². The number of amides is 1. The minimum Gasteiger partial charge on any atom is -0.300 e. The molecule has 0 fully saturated rings. The van der Waals surface area contributed by atoms with Crippen LogP contribution < -0.4 is 5.32 Å².